The van der Waals surface area contributed by atoms with Gasteiger partial charge in [0.15, 0.2) is 0 Å². The number of aliphatic carboxylic acids is 1. The Bertz CT molecular complexity index is 500. The van der Waals surface area contributed by atoms with Gasteiger partial charge in [0.05, 0.1) is 0 Å². The average Bonchev–Trinajstić information content (AvgIpc) is 2.34. The summed E-state index contributed by atoms with van der Waals surface area (Å²) in [5.74, 6) is 0.0539. The van der Waals surface area contributed by atoms with Crippen LogP contribution in [-0.4, -0.2) is 24.2 Å². The molecule has 4 heteroatoms. The monoisotopic (exact) mass is 309 g/mol. The molecule has 0 fully saturated rings. The molecular weight excluding hydrogens is 286 g/mol. The highest BCUT2D eigenvalue weighted by atomic mass is 35.5. The van der Waals surface area contributed by atoms with E-state index in [-0.39, 0.29) is 0 Å². The van der Waals surface area contributed by atoms with E-state index in [4.69, 9.17) is 16.7 Å². The molecular formula is C17H24ClNO2. The molecule has 116 valence electrons. The first kappa shape index (κ1) is 17.6. The molecule has 0 saturated heterocycles. The molecule has 1 N–H and O–H groups in total. The van der Waals surface area contributed by atoms with Crippen LogP contribution in [0.1, 0.15) is 33.3 Å². The Morgan fingerprint density at radius 2 is 1.81 bits per heavy atom. The minimum absolute atomic E-state index is 0.513. The largest absolute Gasteiger partial charge is 0.478 e. The van der Waals surface area contributed by atoms with Gasteiger partial charge in [-0.15, -0.1) is 0 Å². The molecule has 0 aromatic heterocycles. The van der Waals surface area contributed by atoms with Gasteiger partial charge in [-0.2, -0.15) is 0 Å². The minimum atomic E-state index is -0.972. The van der Waals surface area contributed by atoms with E-state index >= 15 is 0 Å². The predicted octanol–water partition coefficient (Wildman–Crippen LogP) is 4.56. The molecule has 0 radical (unpaired) electrons. The highest BCUT2D eigenvalue weighted by molar-refractivity contribution is 6.32. The third-order valence-corrected chi connectivity index (χ3v) is 3.26. The lowest BCUT2D eigenvalue weighted by Gasteiger charge is -2.30. The number of carboxylic acids is 1. The zero-order valence-corrected chi connectivity index (χ0v) is 13.9. The fourth-order valence-electron chi connectivity index (χ4n) is 2.27. The molecule has 1 rings (SSSR count). The second-order valence-corrected chi connectivity index (χ2v) is 6.44. The van der Waals surface area contributed by atoms with Crippen molar-refractivity contribution in [3.05, 3.63) is 34.9 Å². The Balaban J connectivity index is 3.22. The molecule has 0 saturated carbocycles. The van der Waals surface area contributed by atoms with Crippen LogP contribution < -0.4 is 4.90 Å². The maximum Gasteiger partial charge on any atom is 0.328 e. The SMILES string of the molecule is CC(C)CN(CC(C)C)c1cccc(Cl)c1C=CC(=O)O. The first-order valence-electron chi connectivity index (χ1n) is 7.25. The van der Waals surface area contributed by atoms with Crippen molar-refractivity contribution in [1.82, 2.24) is 0 Å². The van der Waals surface area contributed by atoms with Crippen LogP contribution in [0.3, 0.4) is 0 Å². The second-order valence-electron chi connectivity index (χ2n) is 6.04. The number of carboxylic acid groups (broad SMARTS) is 1. The number of anilines is 1. The van der Waals surface area contributed by atoms with E-state index in [0.29, 0.717) is 16.9 Å². The van der Waals surface area contributed by atoms with Gasteiger partial charge in [-0.3, -0.25) is 0 Å². The maximum atomic E-state index is 10.8. The van der Waals surface area contributed by atoms with Gasteiger partial charge >= 0.3 is 5.97 Å². The second kappa shape index (κ2) is 8.08. The summed E-state index contributed by atoms with van der Waals surface area (Å²) in [5, 5.41) is 9.41. The summed E-state index contributed by atoms with van der Waals surface area (Å²) >= 11 is 6.26. The number of hydrogen-bond acceptors (Lipinski definition) is 2. The summed E-state index contributed by atoms with van der Waals surface area (Å²) in [5.41, 5.74) is 1.75. The van der Waals surface area contributed by atoms with Crippen molar-refractivity contribution >= 4 is 29.3 Å². The van der Waals surface area contributed by atoms with Gasteiger partial charge < -0.3 is 10.0 Å². The molecule has 1 aromatic carbocycles. The van der Waals surface area contributed by atoms with Crippen molar-refractivity contribution in [3.63, 3.8) is 0 Å². The molecule has 0 aliphatic heterocycles. The fourth-order valence-corrected chi connectivity index (χ4v) is 2.51. The van der Waals surface area contributed by atoms with Gasteiger partial charge in [-0.1, -0.05) is 45.4 Å². The summed E-state index contributed by atoms with van der Waals surface area (Å²) in [7, 11) is 0. The van der Waals surface area contributed by atoms with Gasteiger partial charge in [-0.25, -0.2) is 4.79 Å². The smallest absolute Gasteiger partial charge is 0.328 e. The van der Waals surface area contributed by atoms with Crippen LogP contribution in [0.4, 0.5) is 5.69 Å². The van der Waals surface area contributed by atoms with Crippen LogP contribution >= 0.6 is 11.6 Å². The first-order chi connectivity index (χ1) is 9.81. The van der Waals surface area contributed by atoms with Crippen molar-refractivity contribution in [2.75, 3.05) is 18.0 Å². The van der Waals surface area contributed by atoms with E-state index in [2.05, 4.69) is 32.6 Å². The van der Waals surface area contributed by atoms with Crippen molar-refractivity contribution < 1.29 is 9.90 Å². The van der Waals surface area contributed by atoms with Crippen molar-refractivity contribution in [2.45, 2.75) is 27.7 Å². The van der Waals surface area contributed by atoms with E-state index < -0.39 is 5.97 Å². The topological polar surface area (TPSA) is 40.5 Å². The Hall–Kier alpha value is -1.48. The van der Waals surface area contributed by atoms with Crippen LogP contribution in [-0.2, 0) is 4.79 Å². The molecule has 1 aromatic rings. The maximum absolute atomic E-state index is 10.8. The van der Waals surface area contributed by atoms with Gasteiger partial charge in [0, 0.05) is 35.4 Å². The van der Waals surface area contributed by atoms with Crippen molar-refractivity contribution in [3.8, 4) is 0 Å². The summed E-state index contributed by atoms with van der Waals surface area (Å²) in [6.45, 7) is 10.5. The molecule has 0 aliphatic rings. The van der Waals surface area contributed by atoms with Gasteiger partial charge in [0.1, 0.15) is 0 Å². The zero-order valence-electron chi connectivity index (χ0n) is 13.1. The van der Waals surface area contributed by atoms with E-state index in [1.807, 2.05) is 12.1 Å². The number of halogens is 1. The third kappa shape index (κ3) is 5.80. The highest BCUT2D eigenvalue weighted by Crippen LogP contribution is 2.30. The Kier molecular flexibility index (Phi) is 6.76. The lowest BCUT2D eigenvalue weighted by atomic mass is 10.1. The van der Waals surface area contributed by atoms with Crippen LogP contribution in [0.2, 0.25) is 5.02 Å². The predicted molar refractivity (Wildman–Crippen MR) is 90.0 cm³/mol. The normalized spacial score (nSPS) is 11.6. The van der Waals surface area contributed by atoms with Gasteiger partial charge in [-0.05, 0) is 30.0 Å². The fraction of sp³-hybridized carbons (Fsp3) is 0.471. The summed E-state index contributed by atoms with van der Waals surface area (Å²) in [4.78, 5) is 13.1. The molecule has 3 nitrogen and oxygen atoms in total. The number of carbonyl (C=O) groups is 1. The van der Waals surface area contributed by atoms with Crippen LogP contribution in [0.5, 0.6) is 0 Å². The minimum Gasteiger partial charge on any atom is -0.478 e. The molecule has 0 heterocycles. The molecule has 0 atom stereocenters. The summed E-state index contributed by atoms with van der Waals surface area (Å²) in [6, 6.07) is 5.69. The average molecular weight is 310 g/mol. The van der Waals surface area contributed by atoms with Crippen LogP contribution in [0, 0.1) is 11.8 Å². The van der Waals surface area contributed by atoms with E-state index in [1.54, 1.807) is 12.1 Å². The Labute approximate surface area is 132 Å². The molecule has 0 spiro atoms. The lowest BCUT2D eigenvalue weighted by Crippen LogP contribution is -2.31. The summed E-state index contributed by atoms with van der Waals surface area (Å²) in [6.07, 6.45) is 2.71. The van der Waals surface area contributed by atoms with Crippen molar-refractivity contribution in [2.24, 2.45) is 11.8 Å². The Morgan fingerprint density at radius 3 is 2.29 bits per heavy atom. The molecule has 0 amide bonds. The van der Waals surface area contributed by atoms with E-state index in [1.165, 1.54) is 0 Å². The third-order valence-electron chi connectivity index (χ3n) is 2.93. The van der Waals surface area contributed by atoms with Crippen molar-refractivity contribution in [1.29, 1.82) is 0 Å². The number of nitrogens with zero attached hydrogens (tertiary/aromatic N) is 1. The lowest BCUT2D eigenvalue weighted by molar-refractivity contribution is -0.131. The zero-order chi connectivity index (χ0) is 16.0. The molecule has 21 heavy (non-hydrogen) atoms. The summed E-state index contributed by atoms with van der Waals surface area (Å²) < 4.78 is 0. The van der Waals surface area contributed by atoms with Crippen LogP contribution in [0.15, 0.2) is 24.3 Å². The number of rotatable bonds is 7. The molecule has 0 unspecified atom stereocenters. The standard InChI is InChI=1S/C17H24ClNO2/c1-12(2)10-19(11-13(3)4)16-7-5-6-15(18)14(16)8-9-17(20)21/h5-9,12-13H,10-11H2,1-4H3,(H,20,21). The van der Waals surface area contributed by atoms with E-state index in [9.17, 15) is 4.79 Å². The van der Waals surface area contributed by atoms with Crippen LogP contribution in [0.25, 0.3) is 6.08 Å². The number of hydrogen-bond donors (Lipinski definition) is 1. The van der Waals surface area contributed by atoms with E-state index in [0.717, 1.165) is 30.4 Å². The number of benzene rings is 1. The Morgan fingerprint density at radius 1 is 1.24 bits per heavy atom. The highest BCUT2D eigenvalue weighted by Gasteiger charge is 2.15. The molecule has 0 bridgehead atoms. The van der Waals surface area contributed by atoms with Gasteiger partial charge in [0.2, 0.25) is 0 Å². The quantitative estimate of drug-likeness (QED) is 0.751. The first-order valence-corrected chi connectivity index (χ1v) is 7.63. The van der Waals surface area contributed by atoms with Gasteiger partial charge in [0.25, 0.3) is 0 Å². The molecule has 0 aliphatic carbocycles.